The molecule has 0 aliphatic heterocycles. The van der Waals surface area contributed by atoms with Gasteiger partial charge in [-0.2, -0.15) is 5.10 Å². The molecular formula is C20H16N6O3. The lowest BCUT2D eigenvalue weighted by molar-refractivity contribution is -0.115. The molecule has 0 saturated carbocycles. The lowest BCUT2D eigenvalue weighted by atomic mass is 10.1. The van der Waals surface area contributed by atoms with E-state index in [1.54, 1.807) is 35.3 Å². The van der Waals surface area contributed by atoms with Gasteiger partial charge in [-0.05, 0) is 24.3 Å². The molecule has 0 atom stereocenters. The fourth-order valence-electron chi connectivity index (χ4n) is 2.62. The topological polar surface area (TPSA) is 115 Å². The third-order valence-electron chi connectivity index (χ3n) is 4.04. The maximum absolute atomic E-state index is 12.2. The summed E-state index contributed by atoms with van der Waals surface area (Å²) in [6, 6.07) is 17.9. The lowest BCUT2D eigenvalue weighted by Crippen LogP contribution is -2.33. The Morgan fingerprint density at radius 1 is 1.03 bits per heavy atom. The molecule has 0 radical (unpaired) electrons. The van der Waals surface area contributed by atoms with Crippen LogP contribution in [0.25, 0.3) is 17.0 Å². The normalized spacial score (nSPS) is 10.5. The summed E-state index contributed by atoms with van der Waals surface area (Å²) in [5, 5.41) is 13.0. The van der Waals surface area contributed by atoms with Crippen molar-refractivity contribution >= 4 is 17.5 Å². The Hall–Kier alpha value is -4.27. The number of carbonyl (C=O) groups excluding carboxylic acids is 2. The van der Waals surface area contributed by atoms with Crippen molar-refractivity contribution in [2.45, 2.75) is 0 Å². The van der Waals surface area contributed by atoms with Gasteiger partial charge in [0.2, 0.25) is 5.91 Å². The number of aromatic nitrogens is 4. The molecule has 0 spiro atoms. The number of hydrogen-bond acceptors (Lipinski definition) is 6. The number of nitrogens with one attached hydrogen (secondary N) is 2. The van der Waals surface area contributed by atoms with Gasteiger partial charge in [0.05, 0.1) is 12.2 Å². The molecule has 2 aromatic carbocycles. The van der Waals surface area contributed by atoms with E-state index in [2.05, 4.69) is 25.9 Å². The average Bonchev–Trinajstić information content (AvgIpc) is 3.46. The van der Waals surface area contributed by atoms with Crippen molar-refractivity contribution in [3.8, 4) is 17.0 Å². The molecule has 29 heavy (non-hydrogen) atoms. The Balaban J connectivity index is 1.30. The molecule has 9 nitrogen and oxygen atoms in total. The van der Waals surface area contributed by atoms with Gasteiger partial charge in [0.1, 0.15) is 12.7 Å². The Morgan fingerprint density at radius 3 is 2.55 bits per heavy atom. The first-order chi connectivity index (χ1) is 14.2. The van der Waals surface area contributed by atoms with Crippen molar-refractivity contribution in [1.29, 1.82) is 0 Å². The van der Waals surface area contributed by atoms with Gasteiger partial charge in [-0.15, -0.1) is 0 Å². The number of hydrogen-bond donors (Lipinski definition) is 2. The van der Waals surface area contributed by atoms with E-state index in [1.807, 2.05) is 30.3 Å². The van der Waals surface area contributed by atoms with Gasteiger partial charge in [-0.3, -0.25) is 9.59 Å². The van der Waals surface area contributed by atoms with E-state index in [4.69, 9.17) is 4.52 Å². The van der Waals surface area contributed by atoms with E-state index < -0.39 is 5.91 Å². The number of benzene rings is 2. The quantitative estimate of drug-likeness (QED) is 0.524. The fraction of sp³-hybridized carbons (Fsp3) is 0.0500. The zero-order chi connectivity index (χ0) is 20.1. The van der Waals surface area contributed by atoms with E-state index in [9.17, 15) is 9.59 Å². The summed E-state index contributed by atoms with van der Waals surface area (Å²) < 4.78 is 6.80. The van der Waals surface area contributed by atoms with Gasteiger partial charge < -0.3 is 15.2 Å². The Morgan fingerprint density at radius 2 is 1.83 bits per heavy atom. The molecule has 0 bridgehead atoms. The van der Waals surface area contributed by atoms with E-state index >= 15 is 0 Å². The summed E-state index contributed by atoms with van der Waals surface area (Å²) in [6.07, 6.45) is 3.02. The Labute approximate surface area is 165 Å². The van der Waals surface area contributed by atoms with E-state index in [-0.39, 0.29) is 18.1 Å². The van der Waals surface area contributed by atoms with Crippen LogP contribution in [0.3, 0.4) is 0 Å². The molecule has 0 unspecified atom stereocenters. The van der Waals surface area contributed by atoms with Gasteiger partial charge >= 0.3 is 0 Å². The van der Waals surface area contributed by atoms with E-state index in [1.165, 1.54) is 12.4 Å². The highest BCUT2D eigenvalue weighted by Gasteiger charge is 2.14. The summed E-state index contributed by atoms with van der Waals surface area (Å²) in [4.78, 5) is 28.2. The van der Waals surface area contributed by atoms with Crippen LogP contribution in [0.1, 0.15) is 10.5 Å². The van der Waals surface area contributed by atoms with Crippen LogP contribution in [0.15, 0.2) is 77.8 Å². The molecule has 9 heteroatoms. The van der Waals surface area contributed by atoms with Crippen molar-refractivity contribution in [2.24, 2.45) is 0 Å². The van der Waals surface area contributed by atoms with Gasteiger partial charge in [0, 0.05) is 17.3 Å². The summed E-state index contributed by atoms with van der Waals surface area (Å²) >= 11 is 0. The van der Waals surface area contributed by atoms with Crippen LogP contribution in [0, 0.1) is 0 Å². The van der Waals surface area contributed by atoms with Crippen molar-refractivity contribution < 1.29 is 14.1 Å². The van der Waals surface area contributed by atoms with Gasteiger partial charge in [-0.25, -0.2) is 9.67 Å². The predicted octanol–water partition coefficient (Wildman–Crippen LogP) is 2.29. The molecule has 2 heterocycles. The van der Waals surface area contributed by atoms with Crippen LogP contribution >= 0.6 is 0 Å². The zero-order valence-electron chi connectivity index (χ0n) is 15.1. The van der Waals surface area contributed by atoms with Crippen LogP contribution in [0.4, 0.5) is 5.69 Å². The first-order valence-electron chi connectivity index (χ1n) is 8.74. The average molecular weight is 388 g/mol. The minimum atomic E-state index is -0.493. The molecule has 0 saturated heterocycles. The minimum absolute atomic E-state index is 0.105. The van der Waals surface area contributed by atoms with Gasteiger partial charge in [0.25, 0.3) is 5.91 Å². The van der Waals surface area contributed by atoms with Gasteiger partial charge in [0.15, 0.2) is 11.5 Å². The predicted molar refractivity (Wildman–Crippen MR) is 104 cm³/mol. The number of amides is 2. The van der Waals surface area contributed by atoms with Crippen molar-refractivity contribution in [2.75, 3.05) is 11.9 Å². The van der Waals surface area contributed by atoms with Crippen molar-refractivity contribution in [1.82, 2.24) is 25.2 Å². The summed E-state index contributed by atoms with van der Waals surface area (Å²) in [6.45, 7) is -0.197. The molecule has 0 aliphatic carbocycles. The van der Waals surface area contributed by atoms with Crippen LogP contribution in [0.5, 0.6) is 0 Å². The smallest absolute Gasteiger partial charge is 0.273 e. The molecule has 0 fully saturated rings. The summed E-state index contributed by atoms with van der Waals surface area (Å²) in [5.41, 5.74) is 2.33. The highest BCUT2D eigenvalue weighted by Crippen LogP contribution is 2.19. The second-order valence-corrected chi connectivity index (χ2v) is 6.06. The molecule has 0 aliphatic rings. The molecule has 2 N–H and O–H groups in total. The summed E-state index contributed by atoms with van der Waals surface area (Å²) in [7, 11) is 0. The Kier molecular flexibility index (Phi) is 5.10. The third kappa shape index (κ3) is 4.35. The SMILES string of the molecule is O=C(CNC(=O)c1cc(-c2ccccc2)on1)Nc1ccc(-n2cncn2)cc1. The van der Waals surface area contributed by atoms with Crippen LogP contribution in [-0.2, 0) is 4.79 Å². The number of rotatable bonds is 6. The fourth-order valence-corrected chi connectivity index (χ4v) is 2.62. The summed E-state index contributed by atoms with van der Waals surface area (Å²) in [5.74, 6) is -0.376. The zero-order valence-corrected chi connectivity index (χ0v) is 15.1. The largest absolute Gasteiger partial charge is 0.355 e. The standard InChI is InChI=1S/C20H16N6O3/c27-19(24-15-6-8-16(9-7-15)26-13-21-12-23-26)11-22-20(28)17-10-18(29-25-17)14-4-2-1-3-5-14/h1-10,12-13H,11H2,(H,22,28)(H,24,27). The second-order valence-electron chi connectivity index (χ2n) is 6.06. The van der Waals surface area contributed by atoms with Crippen molar-refractivity contribution in [3.63, 3.8) is 0 Å². The third-order valence-corrected chi connectivity index (χ3v) is 4.04. The maximum atomic E-state index is 12.2. The first kappa shape index (κ1) is 18.1. The van der Waals surface area contributed by atoms with Crippen LogP contribution < -0.4 is 10.6 Å². The number of nitrogens with zero attached hydrogens (tertiary/aromatic N) is 4. The molecule has 2 aromatic heterocycles. The first-order valence-corrected chi connectivity index (χ1v) is 8.74. The van der Waals surface area contributed by atoms with Crippen molar-refractivity contribution in [3.05, 3.63) is 79.0 Å². The molecule has 4 rings (SSSR count). The molecule has 144 valence electrons. The molecule has 4 aromatic rings. The lowest BCUT2D eigenvalue weighted by Gasteiger charge is -2.07. The second kappa shape index (κ2) is 8.17. The number of anilines is 1. The Bertz CT molecular complexity index is 1100. The maximum Gasteiger partial charge on any atom is 0.273 e. The highest BCUT2D eigenvalue weighted by atomic mass is 16.5. The van der Waals surface area contributed by atoms with E-state index in [0.717, 1.165) is 11.3 Å². The highest BCUT2D eigenvalue weighted by molar-refractivity contribution is 5.98. The minimum Gasteiger partial charge on any atom is -0.355 e. The van der Waals surface area contributed by atoms with Gasteiger partial charge in [-0.1, -0.05) is 35.5 Å². The van der Waals surface area contributed by atoms with E-state index in [0.29, 0.717) is 11.4 Å². The molecular weight excluding hydrogens is 372 g/mol. The monoisotopic (exact) mass is 388 g/mol. The molecule has 2 amide bonds. The van der Waals surface area contributed by atoms with Crippen LogP contribution in [0.2, 0.25) is 0 Å². The number of carbonyl (C=O) groups is 2. The van der Waals surface area contributed by atoms with Crippen LogP contribution in [-0.4, -0.2) is 38.3 Å².